The fraction of sp³-hybridized carbons (Fsp3) is 0.294. The van der Waals surface area contributed by atoms with Crippen molar-refractivity contribution < 1.29 is 19.1 Å². The third-order valence-electron chi connectivity index (χ3n) is 3.65. The maximum atomic E-state index is 12.3. The quantitative estimate of drug-likeness (QED) is 0.210. The van der Waals surface area contributed by atoms with E-state index in [1.165, 1.54) is 6.07 Å². The number of carbonyl (C=O) groups excluding carboxylic acids is 1. The third kappa shape index (κ3) is 5.59. The minimum atomic E-state index is -1.13. The van der Waals surface area contributed by atoms with E-state index in [0.717, 1.165) is 5.56 Å². The van der Waals surface area contributed by atoms with Crippen molar-refractivity contribution in [1.29, 1.82) is 0 Å². The van der Waals surface area contributed by atoms with Crippen molar-refractivity contribution in [3.63, 3.8) is 0 Å². The first-order valence-electron chi connectivity index (χ1n) is 8.11. The number of benzene rings is 1. The molecule has 26 heavy (non-hydrogen) atoms. The Kier molecular flexibility index (Phi) is 6.73. The summed E-state index contributed by atoms with van der Waals surface area (Å²) in [7, 11) is 0. The third-order valence-corrected chi connectivity index (χ3v) is 3.65. The zero-order valence-corrected chi connectivity index (χ0v) is 14.1. The molecule has 0 saturated carbocycles. The number of amides is 1. The number of hydrogen-bond acceptors (Lipinski definition) is 7. The smallest absolute Gasteiger partial charge is 0.326 e. The zero-order chi connectivity index (χ0) is 19.1. The second-order valence-electron chi connectivity index (χ2n) is 5.78. The number of nitrogen functional groups attached to an aromatic ring is 1. The van der Waals surface area contributed by atoms with Crippen LogP contribution in [0.3, 0.4) is 0 Å². The molecule has 2 rings (SSSR count). The molecule has 9 nitrogen and oxygen atoms in total. The Hall–Kier alpha value is -2.88. The lowest BCUT2D eigenvalue weighted by Gasteiger charge is -2.14. The topological polar surface area (TPSA) is 170 Å². The van der Waals surface area contributed by atoms with Crippen LogP contribution in [-0.2, 0) is 4.79 Å². The lowest BCUT2D eigenvalue weighted by atomic mass is 10.1. The van der Waals surface area contributed by atoms with Crippen molar-refractivity contribution in [2.45, 2.75) is 25.2 Å². The number of nitrogens with one attached hydrogen (secondary N) is 2. The molecular weight excluding hydrogens is 338 g/mol. The van der Waals surface area contributed by atoms with E-state index in [2.05, 4.69) is 10.6 Å². The molecule has 0 saturated heterocycles. The number of nitrogens with two attached hydrogens (primary N) is 3. The number of hydrogen-bond donors (Lipinski definition) is 6. The van der Waals surface area contributed by atoms with E-state index in [4.69, 9.17) is 21.6 Å². The molecule has 140 valence electrons. The van der Waals surface area contributed by atoms with E-state index in [-0.39, 0.29) is 12.2 Å². The van der Waals surface area contributed by atoms with Crippen molar-refractivity contribution >= 4 is 17.6 Å². The van der Waals surface area contributed by atoms with Crippen molar-refractivity contribution in [3.8, 4) is 11.3 Å². The van der Waals surface area contributed by atoms with Crippen molar-refractivity contribution in [2.24, 2.45) is 11.5 Å². The van der Waals surface area contributed by atoms with Crippen LogP contribution >= 0.6 is 0 Å². The van der Waals surface area contributed by atoms with E-state index in [1.54, 1.807) is 30.3 Å². The molecule has 2 aromatic rings. The monoisotopic (exact) mass is 361 g/mol. The molecule has 9 N–H and O–H groups in total. The minimum absolute atomic E-state index is 0.0239. The van der Waals surface area contributed by atoms with Gasteiger partial charge in [0.2, 0.25) is 0 Å². The van der Waals surface area contributed by atoms with Gasteiger partial charge in [-0.2, -0.15) is 0 Å². The summed E-state index contributed by atoms with van der Waals surface area (Å²) in [6.07, 6.45) is 0.0414. The second kappa shape index (κ2) is 8.99. The summed E-state index contributed by atoms with van der Waals surface area (Å²) in [6.45, 7) is 0.442. The van der Waals surface area contributed by atoms with Crippen LogP contribution in [0.1, 0.15) is 23.4 Å². The predicted octanol–water partition coefficient (Wildman–Crippen LogP) is 0.283. The summed E-state index contributed by atoms with van der Waals surface area (Å²) < 4.78 is 5.52. The molecule has 9 heteroatoms. The van der Waals surface area contributed by atoms with Gasteiger partial charge in [-0.05, 0) is 43.7 Å². The zero-order valence-electron chi connectivity index (χ0n) is 14.1. The first kappa shape index (κ1) is 19.4. The first-order chi connectivity index (χ1) is 12.4. The normalized spacial score (nSPS) is 12.1. The van der Waals surface area contributed by atoms with Crippen LogP contribution in [0.4, 0.5) is 5.69 Å². The summed E-state index contributed by atoms with van der Waals surface area (Å²) in [6, 6.07) is 9.10. The number of anilines is 1. The van der Waals surface area contributed by atoms with E-state index < -0.39 is 24.2 Å². The number of aliphatic carboxylic acids is 1. The van der Waals surface area contributed by atoms with Gasteiger partial charge in [-0.15, -0.1) is 0 Å². The van der Waals surface area contributed by atoms with Gasteiger partial charge >= 0.3 is 5.97 Å². The fourth-order valence-electron chi connectivity index (χ4n) is 2.37. The van der Waals surface area contributed by atoms with Crippen LogP contribution in [0.5, 0.6) is 0 Å². The number of furan rings is 1. The van der Waals surface area contributed by atoms with E-state index >= 15 is 0 Å². The van der Waals surface area contributed by atoms with Gasteiger partial charge in [-0.1, -0.05) is 12.1 Å². The standard InChI is InChI=1S/C17H23N5O4/c18-11-4-1-3-10(9-11)13-6-7-14(26-13)15(23)22-12(16(24)25)5-2-8-21-17(19)20/h1,3-4,6-7,9,12,17,21H,2,5,8,18-20H2,(H,22,23)(H,24,25)/t12-/m0/s1. The van der Waals surface area contributed by atoms with Crippen LogP contribution in [-0.4, -0.2) is 35.9 Å². The molecule has 1 aromatic heterocycles. The van der Waals surface area contributed by atoms with Crippen LogP contribution in [0.2, 0.25) is 0 Å². The van der Waals surface area contributed by atoms with E-state index in [0.29, 0.717) is 24.4 Å². The molecule has 1 amide bonds. The van der Waals surface area contributed by atoms with Crippen LogP contribution in [0.25, 0.3) is 11.3 Å². The van der Waals surface area contributed by atoms with Gasteiger partial charge in [0.25, 0.3) is 5.91 Å². The van der Waals surface area contributed by atoms with Crippen LogP contribution in [0.15, 0.2) is 40.8 Å². The van der Waals surface area contributed by atoms with Crippen LogP contribution < -0.4 is 27.8 Å². The Morgan fingerprint density at radius 1 is 1.19 bits per heavy atom. The summed E-state index contributed by atoms with van der Waals surface area (Å²) in [4.78, 5) is 23.6. The lowest BCUT2D eigenvalue weighted by molar-refractivity contribution is -0.139. The highest BCUT2D eigenvalue weighted by Gasteiger charge is 2.22. The predicted molar refractivity (Wildman–Crippen MR) is 96.8 cm³/mol. The summed E-state index contributed by atoms with van der Waals surface area (Å²) in [5, 5.41) is 14.5. The highest BCUT2D eigenvalue weighted by atomic mass is 16.4. The molecule has 0 aliphatic heterocycles. The van der Waals surface area contributed by atoms with Gasteiger partial charge < -0.3 is 32.0 Å². The van der Waals surface area contributed by atoms with Crippen molar-refractivity contribution in [3.05, 3.63) is 42.2 Å². The van der Waals surface area contributed by atoms with Crippen LogP contribution in [0, 0.1) is 0 Å². The highest BCUT2D eigenvalue weighted by Crippen LogP contribution is 2.23. The number of rotatable bonds is 9. The van der Waals surface area contributed by atoms with Crippen molar-refractivity contribution in [2.75, 3.05) is 12.3 Å². The number of carboxylic acid groups (broad SMARTS) is 1. The minimum Gasteiger partial charge on any atom is -0.480 e. The number of carboxylic acids is 1. The maximum Gasteiger partial charge on any atom is 0.326 e. The highest BCUT2D eigenvalue weighted by molar-refractivity contribution is 5.94. The Balaban J connectivity index is 1.98. The van der Waals surface area contributed by atoms with Gasteiger partial charge in [0.15, 0.2) is 5.76 Å². The van der Waals surface area contributed by atoms with E-state index in [1.807, 2.05) is 0 Å². The Bertz CT molecular complexity index is 759. The summed E-state index contributed by atoms with van der Waals surface area (Å²) >= 11 is 0. The average molecular weight is 361 g/mol. The van der Waals surface area contributed by atoms with Gasteiger partial charge in [0, 0.05) is 11.3 Å². The van der Waals surface area contributed by atoms with Gasteiger partial charge in [0.1, 0.15) is 18.1 Å². The molecule has 1 aromatic carbocycles. The molecule has 0 bridgehead atoms. The van der Waals surface area contributed by atoms with Crippen molar-refractivity contribution in [1.82, 2.24) is 10.6 Å². The first-order valence-corrected chi connectivity index (χ1v) is 8.11. The molecule has 0 fully saturated rings. The van der Waals surface area contributed by atoms with E-state index in [9.17, 15) is 14.7 Å². The molecule has 0 unspecified atom stereocenters. The molecule has 0 aliphatic rings. The molecule has 1 atom stereocenters. The second-order valence-corrected chi connectivity index (χ2v) is 5.78. The lowest BCUT2D eigenvalue weighted by Crippen LogP contribution is -2.46. The Morgan fingerprint density at radius 2 is 1.96 bits per heavy atom. The molecule has 0 aliphatic carbocycles. The van der Waals surface area contributed by atoms with Gasteiger partial charge in [0.05, 0.1) is 0 Å². The fourth-order valence-corrected chi connectivity index (χ4v) is 2.37. The summed E-state index contributed by atoms with van der Waals surface area (Å²) in [5.41, 5.74) is 17.7. The molecule has 0 radical (unpaired) electrons. The largest absolute Gasteiger partial charge is 0.480 e. The maximum absolute atomic E-state index is 12.3. The SMILES string of the molecule is Nc1cccc(-c2ccc(C(=O)N[C@@H](CCCNC(N)N)C(=O)O)o2)c1. The molecule has 0 spiro atoms. The molecule has 1 heterocycles. The number of carbonyl (C=O) groups is 2. The summed E-state index contributed by atoms with van der Waals surface area (Å²) in [5.74, 6) is -1.24. The van der Waals surface area contributed by atoms with Gasteiger partial charge in [-0.25, -0.2) is 4.79 Å². The average Bonchev–Trinajstić information content (AvgIpc) is 3.07. The van der Waals surface area contributed by atoms with Gasteiger partial charge in [-0.3, -0.25) is 10.1 Å². The molecular formula is C17H23N5O4. The Labute approximate surface area is 150 Å². The Morgan fingerprint density at radius 3 is 2.62 bits per heavy atom.